The second kappa shape index (κ2) is 6.73. The smallest absolute Gasteiger partial charge is 0.227 e. The summed E-state index contributed by atoms with van der Waals surface area (Å²) in [5.41, 5.74) is 1.28. The average Bonchev–Trinajstić information content (AvgIpc) is 2.55. The van der Waals surface area contributed by atoms with Crippen molar-refractivity contribution >= 4 is 15.7 Å². The van der Waals surface area contributed by atoms with Crippen LogP contribution in [0, 0.1) is 5.82 Å². The Morgan fingerprint density at radius 3 is 2.58 bits per heavy atom. The first kappa shape index (κ1) is 16.6. The average molecular weight is 347 g/mol. The summed E-state index contributed by atoms with van der Waals surface area (Å²) < 4.78 is 38.0. The van der Waals surface area contributed by atoms with E-state index in [1.54, 1.807) is 41.3 Å². The summed E-state index contributed by atoms with van der Waals surface area (Å²) in [6, 6.07) is 14.8. The summed E-state index contributed by atoms with van der Waals surface area (Å²) in [5, 5.41) is -0.705. The lowest BCUT2D eigenvalue weighted by molar-refractivity contribution is -0.130. The van der Waals surface area contributed by atoms with E-state index in [0.29, 0.717) is 11.1 Å². The van der Waals surface area contributed by atoms with Gasteiger partial charge in [-0.25, -0.2) is 12.8 Å². The fourth-order valence-corrected chi connectivity index (χ4v) is 4.66. The number of hydrogen-bond acceptors (Lipinski definition) is 3. The van der Waals surface area contributed by atoms with Gasteiger partial charge in [0.05, 0.1) is 12.2 Å². The number of carbonyl (C=O) groups is 1. The van der Waals surface area contributed by atoms with E-state index in [0.717, 1.165) is 0 Å². The summed E-state index contributed by atoms with van der Waals surface area (Å²) in [6.07, 6.45) is 0.0688. The number of halogens is 1. The molecule has 0 saturated carbocycles. The molecule has 2 aromatic rings. The summed E-state index contributed by atoms with van der Waals surface area (Å²) in [4.78, 5) is 14.0. The van der Waals surface area contributed by atoms with E-state index in [2.05, 4.69) is 0 Å². The number of sulfone groups is 1. The van der Waals surface area contributed by atoms with E-state index in [1.165, 1.54) is 12.1 Å². The molecule has 126 valence electrons. The first-order valence-corrected chi connectivity index (χ1v) is 9.46. The summed E-state index contributed by atoms with van der Waals surface area (Å²) in [6.45, 7) is 0.320. The summed E-state index contributed by atoms with van der Waals surface area (Å²) in [5.74, 6) is -0.623. The monoisotopic (exact) mass is 347 g/mol. The van der Waals surface area contributed by atoms with Gasteiger partial charge in [0.2, 0.25) is 5.91 Å². The summed E-state index contributed by atoms with van der Waals surface area (Å²) in [7, 11) is -3.28. The van der Waals surface area contributed by atoms with Gasteiger partial charge in [-0.15, -0.1) is 0 Å². The highest BCUT2D eigenvalue weighted by atomic mass is 32.2. The van der Waals surface area contributed by atoms with Crippen LogP contribution in [0.1, 0.15) is 16.4 Å². The molecule has 1 unspecified atom stereocenters. The van der Waals surface area contributed by atoms with Crippen LogP contribution in [-0.4, -0.2) is 38.1 Å². The van der Waals surface area contributed by atoms with Gasteiger partial charge in [-0.2, -0.15) is 0 Å². The molecule has 0 radical (unpaired) electrons. The van der Waals surface area contributed by atoms with Crippen LogP contribution < -0.4 is 0 Å². The molecule has 0 aliphatic carbocycles. The SMILES string of the molecule is O=C(Cc1cccc(F)c1)N1CCS(=O)(=O)C(c2ccccc2)C1. The Morgan fingerprint density at radius 2 is 1.88 bits per heavy atom. The Kier molecular flexibility index (Phi) is 4.66. The van der Waals surface area contributed by atoms with Gasteiger partial charge < -0.3 is 4.90 Å². The van der Waals surface area contributed by atoms with Crippen molar-refractivity contribution in [3.8, 4) is 0 Å². The van der Waals surface area contributed by atoms with Crippen LogP contribution in [0.15, 0.2) is 54.6 Å². The molecule has 2 aromatic carbocycles. The van der Waals surface area contributed by atoms with Crippen LogP contribution in [0.25, 0.3) is 0 Å². The molecule has 3 rings (SSSR count). The van der Waals surface area contributed by atoms with Gasteiger partial charge >= 0.3 is 0 Å². The maximum atomic E-state index is 13.2. The first-order chi connectivity index (χ1) is 11.5. The molecule has 0 spiro atoms. The first-order valence-electron chi connectivity index (χ1n) is 7.74. The minimum atomic E-state index is -3.28. The highest BCUT2D eigenvalue weighted by Gasteiger charge is 2.35. The Balaban J connectivity index is 1.77. The van der Waals surface area contributed by atoms with Crippen molar-refractivity contribution in [2.45, 2.75) is 11.7 Å². The van der Waals surface area contributed by atoms with Gasteiger partial charge in [0.25, 0.3) is 0 Å². The molecular weight excluding hydrogens is 329 g/mol. The van der Waals surface area contributed by atoms with Crippen molar-refractivity contribution in [3.63, 3.8) is 0 Å². The van der Waals surface area contributed by atoms with Crippen LogP contribution in [0.4, 0.5) is 4.39 Å². The molecule has 6 heteroatoms. The van der Waals surface area contributed by atoms with Gasteiger partial charge in [0, 0.05) is 13.1 Å². The lowest BCUT2D eigenvalue weighted by Crippen LogP contribution is -2.46. The fourth-order valence-electron chi connectivity index (χ4n) is 2.93. The second-order valence-corrected chi connectivity index (χ2v) is 8.22. The molecule has 24 heavy (non-hydrogen) atoms. The minimum absolute atomic E-state index is 0.0541. The Bertz CT molecular complexity index is 836. The molecular formula is C18H18FNO3S. The van der Waals surface area contributed by atoms with E-state index in [4.69, 9.17) is 0 Å². The van der Waals surface area contributed by atoms with E-state index < -0.39 is 15.1 Å². The number of amides is 1. The molecule has 0 bridgehead atoms. The Morgan fingerprint density at radius 1 is 1.12 bits per heavy atom. The quantitative estimate of drug-likeness (QED) is 0.856. The van der Waals surface area contributed by atoms with Crippen LogP contribution in [0.3, 0.4) is 0 Å². The molecule has 1 saturated heterocycles. The largest absolute Gasteiger partial charge is 0.340 e. The lowest BCUT2D eigenvalue weighted by Gasteiger charge is -2.33. The van der Waals surface area contributed by atoms with Crippen LogP contribution in [0.2, 0.25) is 0 Å². The zero-order valence-corrected chi connectivity index (χ0v) is 13.9. The third kappa shape index (κ3) is 3.64. The molecule has 1 fully saturated rings. The van der Waals surface area contributed by atoms with Crippen molar-refractivity contribution in [1.29, 1.82) is 0 Å². The summed E-state index contributed by atoms with van der Waals surface area (Å²) >= 11 is 0. The lowest BCUT2D eigenvalue weighted by atomic mass is 10.1. The zero-order valence-electron chi connectivity index (χ0n) is 13.1. The third-order valence-electron chi connectivity index (χ3n) is 4.23. The van der Waals surface area contributed by atoms with Gasteiger partial charge in [-0.3, -0.25) is 4.79 Å². The van der Waals surface area contributed by atoms with E-state index in [1.807, 2.05) is 6.07 Å². The maximum Gasteiger partial charge on any atom is 0.227 e. The molecule has 1 aliphatic heterocycles. The second-order valence-electron chi connectivity index (χ2n) is 5.91. The highest BCUT2D eigenvalue weighted by molar-refractivity contribution is 7.91. The number of nitrogens with zero attached hydrogens (tertiary/aromatic N) is 1. The molecule has 1 aliphatic rings. The van der Waals surface area contributed by atoms with Gasteiger partial charge in [0.1, 0.15) is 11.1 Å². The standard InChI is InChI=1S/C18H18FNO3S/c19-16-8-4-5-14(11-16)12-18(21)20-9-10-24(22,23)17(13-20)15-6-2-1-3-7-15/h1-8,11,17H,9-10,12-13H2. The van der Waals surface area contributed by atoms with E-state index in [-0.39, 0.29) is 37.0 Å². The Hall–Kier alpha value is -2.21. The van der Waals surface area contributed by atoms with Crippen molar-refractivity contribution in [1.82, 2.24) is 4.90 Å². The fraction of sp³-hybridized carbons (Fsp3) is 0.278. The van der Waals surface area contributed by atoms with Crippen molar-refractivity contribution in [2.24, 2.45) is 0 Å². The van der Waals surface area contributed by atoms with Crippen LogP contribution in [-0.2, 0) is 21.1 Å². The van der Waals surface area contributed by atoms with Gasteiger partial charge in [-0.05, 0) is 23.3 Å². The van der Waals surface area contributed by atoms with Crippen LogP contribution in [0.5, 0.6) is 0 Å². The molecule has 1 atom stereocenters. The molecule has 1 heterocycles. The molecule has 4 nitrogen and oxygen atoms in total. The highest BCUT2D eigenvalue weighted by Crippen LogP contribution is 2.28. The van der Waals surface area contributed by atoms with Crippen molar-refractivity contribution in [2.75, 3.05) is 18.8 Å². The number of hydrogen-bond donors (Lipinski definition) is 0. The van der Waals surface area contributed by atoms with Gasteiger partial charge in [0.15, 0.2) is 9.84 Å². The molecule has 0 aromatic heterocycles. The number of carbonyl (C=O) groups excluding carboxylic acids is 1. The molecule has 0 N–H and O–H groups in total. The number of benzene rings is 2. The predicted octanol–water partition coefficient (Wildman–Crippen LogP) is 2.37. The predicted molar refractivity (Wildman–Crippen MR) is 89.7 cm³/mol. The van der Waals surface area contributed by atoms with Crippen molar-refractivity contribution in [3.05, 3.63) is 71.5 Å². The molecule has 1 amide bonds. The maximum absolute atomic E-state index is 13.2. The number of rotatable bonds is 3. The van der Waals surface area contributed by atoms with E-state index >= 15 is 0 Å². The van der Waals surface area contributed by atoms with Gasteiger partial charge in [-0.1, -0.05) is 42.5 Å². The zero-order chi connectivity index (χ0) is 17.2. The van der Waals surface area contributed by atoms with Crippen LogP contribution >= 0.6 is 0 Å². The minimum Gasteiger partial charge on any atom is -0.340 e. The third-order valence-corrected chi connectivity index (χ3v) is 6.27. The Labute approximate surface area is 140 Å². The van der Waals surface area contributed by atoms with E-state index in [9.17, 15) is 17.6 Å². The van der Waals surface area contributed by atoms with Crippen molar-refractivity contribution < 1.29 is 17.6 Å². The normalized spacial score (nSPS) is 19.9. The topological polar surface area (TPSA) is 54.5 Å².